The second kappa shape index (κ2) is 18.2. The standard InChI is InChI=1S/C66H46N2O/c1-6-18-47(19-7-1)50-30-36-55(37-31-50)67(56-38-32-51(33-39-56)48-20-8-2-9-21-48)63-46-64(61(54-26-14-5-15-27-54)45-60(63)53-24-12-4-13-25-53)68(57-40-34-52(35-41-57)49-22-10-3-11-23-49)58-42-43-66-62(44-58)59-28-16-17-29-65(59)69-66/h1-46H. The molecule has 12 aromatic rings. The first kappa shape index (κ1) is 41.3. The van der Waals surface area contributed by atoms with Crippen LogP contribution in [0.5, 0.6) is 0 Å². The third-order valence-corrected chi connectivity index (χ3v) is 13.1. The van der Waals surface area contributed by atoms with Crippen LogP contribution in [0.4, 0.5) is 34.1 Å². The first-order chi connectivity index (χ1) is 34.2. The van der Waals surface area contributed by atoms with Gasteiger partial charge in [-0.1, -0.05) is 206 Å². The van der Waals surface area contributed by atoms with E-state index >= 15 is 0 Å². The molecule has 11 aromatic carbocycles. The van der Waals surface area contributed by atoms with Crippen molar-refractivity contribution in [2.24, 2.45) is 0 Å². The topological polar surface area (TPSA) is 19.6 Å². The highest BCUT2D eigenvalue weighted by Crippen LogP contribution is 2.50. The van der Waals surface area contributed by atoms with Gasteiger partial charge >= 0.3 is 0 Å². The molecular weight excluding hydrogens is 837 g/mol. The lowest BCUT2D eigenvalue weighted by atomic mass is 9.93. The number of benzene rings is 11. The van der Waals surface area contributed by atoms with Crippen molar-refractivity contribution in [1.82, 2.24) is 0 Å². The predicted octanol–water partition coefficient (Wildman–Crippen LogP) is 18.9. The highest BCUT2D eigenvalue weighted by atomic mass is 16.3. The van der Waals surface area contributed by atoms with Crippen molar-refractivity contribution in [3.05, 3.63) is 279 Å². The fourth-order valence-corrected chi connectivity index (χ4v) is 9.65. The number of hydrogen-bond donors (Lipinski definition) is 0. The quantitative estimate of drug-likeness (QED) is 0.129. The molecule has 0 amide bonds. The van der Waals surface area contributed by atoms with E-state index < -0.39 is 0 Å². The lowest BCUT2D eigenvalue weighted by molar-refractivity contribution is 0.669. The number of rotatable bonds is 11. The SMILES string of the molecule is c1ccc(-c2ccc(N(c3ccc(-c4ccccc4)cc3)c3cc(N(c4ccc(-c5ccccc5)cc4)c4ccc5oc6ccccc6c5c4)c(-c4ccccc4)cc3-c3ccccc3)cc2)cc1. The van der Waals surface area contributed by atoms with Crippen molar-refractivity contribution >= 4 is 56.1 Å². The van der Waals surface area contributed by atoms with Crippen LogP contribution >= 0.6 is 0 Å². The van der Waals surface area contributed by atoms with Gasteiger partial charge in [0.1, 0.15) is 11.2 Å². The minimum Gasteiger partial charge on any atom is -0.456 e. The normalized spacial score (nSPS) is 11.2. The van der Waals surface area contributed by atoms with E-state index in [2.05, 4.69) is 277 Å². The molecule has 0 unspecified atom stereocenters. The van der Waals surface area contributed by atoms with E-state index in [4.69, 9.17) is 4.42 Å². The maximum absolute atomic E-state index is 6.42. The van der Waals surface area contributed by atoms with Gasteiger partial charge in [-0.05, 0) is 117 Å². The summed E-state index contributed by atoms with van der Waals surface area (Å²) in [5.41, 5.74) is 19.4. The second-order valence-electron chi connectivity index (χ2n) is 17.3. The third kappa shape index (κ3) is 8.13. The van der Waals surface area contributed by atoms with Crippen LogP contribution in [-0.2, 0) is 0 Å². The summed E-state index contributed by atoms with van der Waals surface area (Å²) in [6.45, 7) is 0. The molecule has 0 spiro atoms. The Balaban J connectivity index is 1.14. The molecule has 0 radical (unpaired) electrons. The highest BCUT2D eigenvalue weighted by Gasteiger charge is 2.26. The molecule has 0 aliphatic carbocycles. The van der Waals surface area contributed by atoms with Gasteiger partial charge in [0, 0.05) is 44.6 Å². The molecule has 3 heteroatoms. The molecule has 0 fully saturated rings. The Hall–Kier alpha value is -9.18. The van der Waals surface area contributed by atoms with E-state index in [0.717, 1.165) is 95.0 Å². The van der Waals surface area contributed by atoms with Crippen molar-refractivity contribution < 1.29 is 4.42 Å². The van der Waals surface area contributed by atoms with Crippen molar-refractivity contribution in [2.75, 3.05) is 9.80 Å². The molecule has 1 heterocycles. The molecule has 0 atom stereocenters. The lowest BCUT2D eigenvalue weighted by Crippen LogP contribution is -2.15. The molecule has 326 valence electrons. The van der Waals surface area contributed by atoms with E-state index in [-0.39, 0.29) is 0 Å². The predicted molar refractivity (Wildman–Crippen MR) is 290 cm³/mol. The number of nitrogens with zero attached hydrogens (tertiary/aromatic N) is 2. The fraction of sp³-hybridized carbons (Fsp3) is 0. The van der Waals surface area contributed by atoms with Gasteiger partial charge in [0.2, 0.25) is 0 Å². The number of para-hydroxylation sites is 1. The van der Waals surface area contributed by atoms with Gasteiger partial charge in [-0.25, -0.2) is 0 Å². The van der Waals surface area contributed by atoms with Gasteiger partial charge in [0.25, 0.3) is 0 Å². The van der Waals surface area contributed by atoms with Gasteiger partial charge in [-0.15, -0.1) is 0 Å². The smallest absolute Gasteiger partial charge is 0.135 e. The van der Waals surface area contributed by atoms with Gasteiger partial charge < -0.3 is 14.2 Å². The van der Waals surface area contributed by atoms with Crippen LogP contribution in [0.25, 0.3) is 77.6 Å². The Morgan fingerprint density at radius 1 is 0.217 bits per heavy atom. The Morgan fingerprint density at radius 3 is 0.957 bits per heavy atom. The van der Waals surface area contributed by atoms with Crippen molar-refractivity contribution in [1.29, 1.82) is 0 Å². The summed E-state index contributed by atoms with van der Waals surface area (Å²) in [7, 11) is 0. The summed E-state index contributed by atoms with van der Waals surface area (Å²) < 4.78 is 6.42. The third-order valence-electron chi connectivity index (χ3n) is 13.1. The number of hydrogen-bond acceptors (Lipinski definition) is 3. The average Bonchev–Trinajstić information content (AvgIpc) is 3.81. The van der Waals surface area contributed by atoms with Crippen molar-refractivity contribution in [3.63, 3.8) is 0 Å². The van der Waals surface area contributed by atoms with Crippen LogP contribution in [0, 0.1) is 0 Å². The zero-order chi connectivity index (χ0) is 45.9. The summed E-state index contributed by atoms with van der Waals surface area (Å²) in [4.78, 5) is 4.85. The zero-order valence-electron chi connectivity index (χ0n) is 37.9. The Morgan fingerprint density at radius 2 is 0.536 bits per heavy atom. The minimum atomic E-state index is 0.854. The van der Waals surface area contributed by atoms with E-state index in [1.807, 2.05) is 12.1 Å². The first-order valence-corrected chi connectivity index (χ1v) is 23.5. The first-order valence-electron chi connectivity index (χ1n) is 23.5. The van der Waals surface area contributed by atoms with Crippen LogP contribution in [0.1, 0.15) is 0 Å². The van der Waals surface area contributed by atoms with Crippen molar-refractivity contribution in [3.8, 4) is 55.6 Å². The van der Waals surface area contributed by atoms with Gasteiger partial charge in [-0.3, -0.25) is 0 Å². The van der Waals surface area contributed by atoms with Gasteiger partial charge in [-0.2, -0.15) is 0 Å². The molecule has 0 saturated heterocycles. The van der Waals surface area contributed by atoms with Gasteiger partial charge in [0.05, 0.1) is 11.4 Å². The van der Waals surface area contributed by atoms with Crippen LogP contribution in [0.15, 0.2) is 283 Å². The number of anilines is 6. The molecule has 12 rings (SSSR count). The van der Waals surface area contributed by atoms with Gasteiger partial charge in [0.15, 0.2) is 0 Å². The molecule has 0 bridgehead atoms. The molecule has 1 aromatic heterocycles. The summed E-state index contributed by atoms with van der Waals surface area (Å²) in [6, 6.07) is 100. The molecule has 3 nitrogen and oxygen atoms in total. The monoisotopic (exact) mass is 882 g/mol. The van der Waals surface area contributed by atoms with E-state index in [1.54, 1.807) is 0 Å². The minimum absolute atomic E-state index is 0.854. The molecule has 0 aliphatic heterocycles. The van der Waals surface area contributed by atoms with Crippen LogP contribution in [0.3, 0.4) is 0 Å². The largest absolute Gasteiger partial charge is 0.456 e. The molecular formula is C66H46N2O. The summed E-state index contributed by atoms with van der Waals surface area (Å²) in [5, 5.41) is 2.15. The summed E-state index contributed by atoms with van der Waals surface area (Å²) in [6.07, 6.45) is 0. The van der Waals surface area contributed by atoms with Crippen LogP contribution in [-0.4, -0.2) is 0 Å². The maximum Gasteiger partial charge on any atom is 0.135 e. The molecule has 69 heavy (non-hydrogen) atoms. The van der Waals surface area contributed by atoms with E-state index in [9.17, 15) is 0 Å². The summed E-state index contributed by atoms with van der Waals surface area (Å²) in [5.74, 6) is 0. The average molecular weight is 883 g/mol. The second-order valence-corrected chi connectivity index (χ2v) is 17.3. The fourth-order valence-electron chi connectivity index (χ4n) is 9.65. The summed E-state index contributed by atoms with van der Waals surface area (Å²) >= 11 is 0. The Bertz CT molecular complexity index is 3580. The van der Waals surface area contributed by atoms with Crippen LogP contribution < -0.4 is 9.80 Å². The van der Waals surface area contributed by atoms with Crippen LogP contribution in [0.2, 0.25) is 0 Å². The Kier molecular flexibility index (Phi) is 10.9. The Labute approximate surface area is 403 Å². The molecule has 0 N–H and O–H groups in total. The number of fused-ring (bicyclic) bond motifs is 3. The molecule has 0 saturated carbocycles. The van der Waals surface area contributed by atoms with Crippen molar-refractivity contribution in [2.45, 2.75) is 0 Å². The number of furan rings is 1. The zero-order valence-corrected chi connectivity index (χ0v) is 37.9. The highest BCUT2D eigenvalue weighted by molar-refractivity contribution is 6.07. The van der Waals surface area contributed by atoms with E-state index in [1.165, 1.54) is 16.7 Å². The molecule has 0 aliphatic rings. The lowest BCUT2D eigenvalue weighted by Gasteiger charge is -2.33. The van der Waals surface area contributed by atoms with E-state index in [0.29, 0.717) is 0 Å². The maximum atomic E-state index is 6.42.